The van der Waals surface area contributed by atoms with Crippen molar-refractivity contribution in [2.24, 2.45) is 5.92 Å². The molecule has 1 aromatic heterocycles. The summed E-state index contributed by atoms with van der Waals surface area (Å²) in [5.74, 6) is 0.242. The standard InChI is InChI=1S/C23H26ClN3O2/c1-4-21(28)26-19-7-5-6-15-18(19)11-25-12-20(15)27-22(13(2)3)17-10-14(24)8-9-16(17)23(27)29/h8-13,19,22H,4-7H2,1-3H3,(H,26,28)/t19-,22-/m1/s1. The Morgan fingerprint density at radius 2 is 2.10 bits per heavy atom. The largest absolute Gasteiger partial charge is 0.349 e. The lowest BCUT2D eigenvalue weighted by atomic mass is 9.87. The molecule has 2 heterocycles. The number of pyridine rings is 1. The number of aromatic nitrogens is 1. The van der Waals surface area contributed by atoms with E-state index in [-0.39, 0.29) is 29.8 Å². The molecule has 2 aliphatic rings. The Balaban J connectivity index is 1.80. The van der Waals surface area contributed by atoms with E-state index in [9.17, 15) is 9.59 Å². The highest BCUT2D eigenvalue weighted by Crippen LogP contribution is 2.45. The number of rotatable bonds is 4. The van der Waals surface area contributed by atoms with Crippen molar-refractivity contribution in [2.75, 3.05) is 4.90 Å². The highest BCUT2D eigenvalue weighted by molar-refractivity contribution is 6.31. The van der Waals surface area contributed by atoms with Crippen molar-refractivity contribution in [3.8, 4) is 0 Å². The molecule has 4 rings (SSSR count). The number of hydrogen-bond donors (Lipinski definition) is 1. The average Bonchev–Trinajstić information content (AvgIpc) is 2.99. The maximum Gasteiger partial charge on any atom is 0.259 e. The average molecular weight is 412 g/mol. The molecule has 0 fully saturated rings. The van der Waals surface area contributed by atoms with Crippen molar-refractivity contribution < 1.29 is 9.59 Å². The van der Waals surface area contributed by atoms with Crippen molar-refractivity contribution in [1.29, 1.82) is 0 Å². The van der Waals surface area contributed by atoms with Gasteiger partial charge in [-0.2, -0.15) is 0 Å². The fraction of sp³-hybridized carbons (Fsp3) is 0.435. The van der Waals surface area contributed by atoms with Crippen LogP contribution in [-0.2, 0) is 11.2 Å². The quantitative estimate of drug-likeness (QED) is 0.770. The second-order valence-electron chi connectivity index (χ2n) is 8.19. The molecule has 1 N–H and O–H groups in total. The van der Waals surface area contributed by atoms with E-state index in [0.717, 1.165) is 41.6 Å². The van der Waals surface area contributed by atoms with E-state index >= 15 is 0 Å². The first-order valence-electron chi connectivity index (χ1n) is 10.3. The van der Waals surface area contributed by atoms with E-state index in [1.807, 2.05) is 30.2 Å². The molecular formula is C23H26ClN3O2. The Bertz CT molecular complexity index is 973. The molecule has 0 saturated carbocycles. The molecule has 2 amide bonds. The van der Waals surface area contributed by atoms with Crippen LogP contribution in [0.5, 0.6) is 0 Å². The van der Waals surface area contributed by atoms with Gasteiger partial charge in [0.25, 0.3) is 5.91 Å². The third-order valence-electron chi connectivity index (χ3n) is 5.97. The molecule has 1 aliphatic carbocycles. The zero-order valence-corrected chi connectivity index (χ0v) is 17.8. The number of anilines is 1. The summed E-state index contributed by atoms with van der Waals surface area (Å²) in [6, 6.07) is 5.37. The van der Waals surface area contributed by atoms with E-state index in [2.05, 4.69) is 24.1 Å². The number of halogens is 1. The Hall–Kier alpha value is -2.40. The molecule has 0 radical (unpaired) electrons. The van der Waals surface area contributed by atoms with Crippen LogP contribution in [-0.4, -0.2) is 16.8 Å². The van der Waals surface area contributed by atoms with Gasteiger partial charge in [-0.25, -0.2) is 0 Å². The van der Waals surface area contributed by atoms with Crippen LogP contribution in [0.1, 0.15) is 79.2 Å². The maximum atomic E-state index is 13.4. The number of nitrogens with zero attached hydrogens (tertiary/aromatic N) is 2. The van der Waals surface area contributed by atoms with Gasteiger partial charge in [0.1, 0.15) is 0 Å². The number of fused-ring (bicyclic) bond motifs is 2. The molecule has 29 heavy (non-hydrogen) atoms. The third kappa shape index (κ3) is 3.42. The summed E-state index contributed by atoms with van der Waals surface area (Å²) in [6.07, 6.45) is 6.82. The van der Waals surface area contributed by atoms with E-state index < -0.39 is 0 Å². The predicted molar refractivity (Wildman–Crippen MR) is 114 cm³/mol. The number of amides is 2. The minimum absolute atomic E-state index is 0.00900. The summed E-state index contributed by atoms with van der Waals surface area (Å²) in [7, 11) is 0. The lowest BCUT2D eigenvalue weighted by molar-refractivity contribution is -0.121. The van der Waals surface area contributed by atoms with Crippen molar-refractivity contribution >= 4 is 29.1 Å². The Kier molecular flexibility index (Phi) is 5.34. The first kappa shape index (κ1) is 19.9. The molecule has 0 unspecified atom stereocenters. The number of nitrogens with one attached hydrogen (secondary N) is 1. The first-order chi connectivity index (χ1) is 13.9. The van der Waals surface area contributed by atoms with E-state index in [0.29, 0.717) is 17.0 Å². The van der Waals surface area contributed by atoms with Crippen molar-refractivity contribution in [1.82, 2.24) is 10.3 Å². The van der Waals surface area contributed by atoms with Gasteiger partial charge in [0.05, 0.1) is 24.0 Å². The third-order valence-corrected chi connectivity index (χ3v) is 6.21. The molecule has 152 valence electrons. The zero-order chi connectivity index (χ0) is 20.7. The highest BCUT2D eigenvalue weighted by Gasteiger charge is 2.41. The van der Waals surface area contributed by atoms with Crippen LogP contribution in [0, 0.1) is 5.92 Å². The van der Waals surface area contributed by atoms with E-state index in [4.69, 9.17) is 11.6 Å². The number of hydrogen-bond acceptors (Lipinski definition) is 3. The van der Waals surface area contributed by atoms with Crippen LogP contribution in [0.2, 0.25) is 5.02 Å². The molecule has 0 bridgehead atoms. The Labute approximate surface area is 176 Å². The van der Waals surface area contributed by atoms with Crippen LogP contribution in [0.4, 0.5) is 5.69 Å². The molecule has 0 saturated heterocycles. The summed E-state index contributed by atoms with van der Waals surface area (Å²) < 4.78 is 0. The minimum atomic E-state index is -0.0879. The molecule has 5 nitrogen and oxygen atoms in total. The smallest absolute Gasteiger partial charge is 0.259 e. The van der Waals surface area contributed by atoms with Gasteiger partial charge >= 0.3 is 0 Å². The predicted octanol–water partition coefficient (Wildman–Crippen LogP) is 5.00. The zero-order valence-electron chi connectivity index (χ0n) is 17.0. The minimum Gasteiger partial charge on any atom is -0.349 e. The topological polar surface area (TPSA) is 62.3 Å². The van der Waals surface area contributed by atoms with Gasteiger partial charge in [-0.05, 0) is 60.1 Å². The van der Waals surface area contributed by atoms with Gasteiger partial charge in [-0.15, -0.1) is 0 Å². The summed E-state index contributed by atoms with van der Waals surface area (Å²) in [6.45, 7) is 6.09. The van der Waals surface area contributed by atoms with E-state index in [1.165, 1.54) is 0 Å². The van der Waals surface area contributed by atoms with Crippen molar-refractivity contribution in [3.63, 3.8) is 0 Å². The highest BCUT2D eigenvalue weighted by atomic mass is 35.5. The lowest BCUT2D eigenvalue weighted by Crippen LogP contribution is -2.34. The Morgan fingerprint density at radius 3 is 2.83 bits per heavy atom. The van der Waals surface area contributed by atoms with Gasteiger partial charge in [0.15, 0.2) is 0 Å². The normalized spacial score (nSPS) is 20.6. The van der Waals surface area contributed by atoms with Gasteiger partial charge in [-0.1, -0.05) is 32.4 Å². The number of benzene rings is 1. The Morgan fingerprint density at radius 1 is 1.31 bits per heavy atom. The molecule has 0 spiro atoms. The monoisotopic (exact) mass is 411 g/mol. The number of carbonyl (C=O) groups excluding carboxylic acids is 2. The van der Waals surface area contributed by atoms with Gasteiger partial charge < -0.3 is 5.32 Å². The number of carbonyl (C=O) groups is 2. The summed E-state index contributed by atoms with van der Waals surface area (Å²) in [5, 5.41) is 3.75. The van der Waals surface area contributed by atoms with Crippen molar-refractivity contribution in [2.45, 2.75) is 58.5 Å². The first-order valence-corrected chi connectivity index (χ1v) is 10.7. The van der Waals surface area contributed by atoms with E-state index in [1.54, 1.807) is 12.3 Å². The van der Waals surface area contributed by atoms with Gasteiger partial charge in [0.2, 0.25) is 5.91 Å². The van der Waals surface area contributed by atoms with Crippen LogP contribution in [0.3, 0.4) is 0 Å². The summed E-state index contributed by atoms with van der Waals surface area (Å²) >= 11 is 6.25. The maximum absolute atomic E-state index is 13.4. The molecule has 2 aromatic rings. The molecule has 1 aliphatic heterocycles. The van der Waals surface area contributed by atoms with Crippen LogP contribution < -0.4 is 10.2 Å². The molecule has 1 aromatic carbocycles. The second kappa shape index (κ2) is 7.79. The molecule has 2 atom stereocenters. The fourth-order valence-corrected chi connectivity index (χ4v) is 4.82. The SMILES string of the molecule is CCC(=O)N[C@@H]1CCCc2c1cncc2N1C(=O)c2ccc(Cl)cc2[C@H]1C(C)C. The lowest BCUT2D eigenvalue weighted by Gasteiger charge is -2.33. The fourth-order valence-electron chi connectivity index (χ4n) is 4.64. The molecule has 6 heteroatoms. The van der Waals surface area contributed by atoms with Gasteiger partial charge in [0, 0.05) is 23.2 Å². The molecular weight excluding hydrogens is 386 g/mol. The van der Waals surface area contributed by atoms with Gasteiger partial charge in [-0.3, -0.25) is 19.5 Å². The van der Waals surface area contributed by atoms with Crippen LogP contribution >= 0.6 is 11.6 Å². The summed E-state index contributed by atoms with van der Waals surface area (Å²) in [5.41, 5.74) is 4.68. The van der Waals surface area contributed by atoms with Crippen LogP contribution in [0.15, 0.2) is 30.6 Å². The van der Waals surface area contributed by atoms with Crippen molar-refractivity contribution in [3.05, 3.63) is 57.9 Å². The van der Waals surface area contributed by atoms with Crippen LogP contribution in [0.25, 0.3) is 0 Å². The summed E-state index contributed by atoms with van der Waals surface area (Å²) in [4.78, 5) is 31.8. The second-order valence-corrected chi connectivity index (χ2v) is 8.62.